The summed E-state index contributed by atoms with van der Waals surface area (Å²) in [5.41, 5.74) is 3.21. The summed E-state index contributed by atoms with van der Waals surface area (Å²) in [5, 5.41) is 1.30. The maximum atomic E-state index is 12.8. The normalized spacial score (nSPS) is 15.5. The first kappa shape index (κ1) is 15.8. The van der Waals surface area contributed by atoms with Crippen LogP contribution in [-0.2, 0) is 0 Å². The summed E-state index contributed by atoms with van der Waals surface area (Å²) in [6.07, 6.45) is 4.11. The van der Waals surface area contributed by atoms with Crippen molar-refractivity contribution in [2.45, 2.75) is 18.8 Å². The molecule has 128 valence electrons. The second-order valence-electron chi connectivity index (χ2n) is 6.56. The summed E-state index contributed by atoms with van der Waals surface area (Å²) in [5.74, 6) is 1.21. The summed E-state index contributed by atoms with van der Waals surface area (Å²) in [4.78, 5) is 18.1. The molecule has 1 aliphatic rings. The van der Waals surface area contributed by atoms with E-state index in [0.717, 1.165) is 25.9 Å². The largest absolute Gasteiger partial charge is 0.496 e. The fourth-order valence-corrected chi connectivity index (χ4v) is 3.82. The summed E-state index contributed by atoms with van der Waals surface area (Å²) in [6, 6.07) is 15.9. The van der Waals surface area contributed by atoms with Gasteiger partial charge in [0.15, 0.2) is 0 Å². The Labute approximate surface area is 147 Å². The van der Waals surface area contributed by atoms with Gasteiger partial charge in [-0.05, 0) is 42.5 Å². The number of hydrogen-bond donors (Lipinski definition) is 1. The van der Waals surface area contributed by atoms with Gasteiger partial charge in [0, 0.05) is 30.2 Å². The average molecular weight is 334 g/mol. The van der Waals surface area contributed by atoms with Crippen molar-refractivity contribution in [2.75, 3.05) is 20.2 Å². The Balaban J connectivity index is 1.49. The molecule has 1 N–H and O–H groups in total. The fourth-order valence-electron chi connectivity index (χ4n) is 3.82. The molecule has 1 fully saturated rings. The van der Waals surface area contributed by atoms with E-state index in [1.165, 1.54) is 16.5 Å². The van der Waals surface area contributed by atoms with E-state index in [2.05, 4.69) is 35.4 Å². The van der Waals surface area contributed by atoms with Crippen molar-refractivity contribution in [2.24, 2.45) is 0 Å². The first-order valence-electron chi connectivity index (χ1n) is 8.76. The van der Waals surface area contributed by atoms with Crippen LogP contribution in [-0.4, -0.2) is 36.0 Å². The zero-order valence-corrected chi connectivity index (χ0v) is 14.4. The van der Waals surface area contributed by atoms with Crippen LogP contribution in [0.5, 0.6) is 5.75 Å². The van der Waals surface area contributed by atoms with Crippen LogP contribution < -0.4 is 4.74 Å². The summed E-state index contributed by atoms with van der Waals surface area (Å²) < 4.78 is 5.33. The molecule has 1 saturated heterocycles. The van der Waals surface area contributed by atoms with Gasteiger partial charge in [-0.15, -0.1) is 0 Å². The molecule has 0 bridgehead atoms. The number of aromatic nitrogens is 1. The maximum Gasteiger partial charge on any atom is 0.257 e. The number of piperidine rings is 1. The number of amides is 1. The van der Waals surface area contributed by atoms with Crippen molar-refractivity contribution in [3.05, 3.63) is 65.9 Å². The highest BCUT2D eigenvalue weighted by molar-refractivity contribution is 5.97. The zero-order valence-electron chi connectivity index (χ0n) is 14.4. The molecule has 3 aromatic rings. The highest BCUT2D eigenvalue weighted by atomic mass is 16.5. The number of nitrogens with zero attached hydrogens (tertiary/aromatic N) is 1. The van der Waals surface area contributed by atoms with Crippen LogP contribution in [0.1, 0.15) is 34.7 Å². The summed E-state index contributed by atoms with van der Waals surface area (Å²) >= 11 is 0. The number of ether oxygens (including phenoxy) is 1. The Bertz CT molecular complexity index is 892. The standard InChI is InChI=1S/C21H22N2O2/c1-25-20-9-5-3-7-17(20)21(24)23-12-10-15(11-13-23)18-14-22-19-8-4-2-6-16(18)19/h2-9,14-15,22H,10-13H2,1H3. The van der Waals surface area contributed by atoms with Crippen LogP contribution in [0.3, 0.4) is 0 Å². The van der Waals surface area contributed by atoms with Gasteiger partial charge in [0.25, 0.3) is 5.91 Å². The Morgan fingerprint density at radius 1 is 1.08 bits per heavy atom. The lowest BCUT2D eigenvalue weighted by Gasteiger charge is -2.32. The molecule has 4 nitrogen and oxygen atoms in total. The Hall–Kier alpha value is -2.75. The van der Waals surface area contributed by atoms with Crippen molar-refractivity contribution < 1.29 is 9.53 Å². The average Bonchev–Trinajstić information content (AvgIpc) is 3.11. The predicted octanol–water partition coefficient (Wildman–Crippen LogP) is 4.20. The molecule has 2 heterocycles. The Morgan fingerprint density at radius 3 is 2.60 bits per heavy atom. The van der Waals surface area contributed by atoms with E-state index in [1.54, 1.807) is 7.11 Å². The summed E-state index contributed by atoms with van der Waals surface area (Å²) in [7, 11) is 1.61. The van der Waals surface area contributed by atoms with Crippen LogP contribution in [0.25, 0.3) is 10.9 Å². The molecule has 25 heavy (non-hydrogen) atoms. The van der Waals surface area contributed by atoms with Gasteiger partial charge < -0.3 is 14.6 Å². The van der Waals surface area contributed by atoms with Crippen LogP contribution in [0.2, 0.25) is 0 Å². The van der Waals surface area contributed by atoms with E-state index in [0.29, 0.717) is 17.2 Å². The minimum absolute atomic E-state index is 0.0647. The van der Waals surface area contributed by atoms with Gasteiger partial charge in [-0.1, -0.05) is 30.3 Å². The third-order valence-corrected chi connectivity index (χ3v) is 5.18. The molecule has 0 spiro atoms. The zero-order chi connectivity index (χ0) is 17.2. The number of para-hydroxylation sites is 2. The van der Waals surface area contributed by atoms with Crippen molar-refractivity contribution in [1.29, 1.82) is 0 Å². The number of likely N-dealkylation sites (tertiary alicyclic amines) is 1. The molecular formula is C21H22N2O2. The number of H-pyrrole nitrogens is 1. The van der Waals surface area contributed by atoms with Crippen LogP contribution in [0.15, 0.2) is 54.7 Å². The molecule has 2 aromatic carbocycles. The van der Waals surface area contributed by atoms with E-state index in [1.807, 2.05) is 29.2 Å². The first-order valence-corrected chi connectivity index (χ1v) is 8.76. The lowest BCUT2D eigenvalue weighted by atomic mass is 9.89. The quantitative estimate of drug-likeness (QED) is 0.780. The summed E-state index contributed by atoms with van der Waals surface area (Å²) in [6.45, 7) is 1.56. The molecule has 0 radical (unpaired) electrons. The van der Waals surface area contributed by atoms with Gasteiger partial charge in [-0.2, -0.15) is 0 Å². The number of methoxy groups -OCH3 is 1. The van der Waals surface area contributed by atoms with Gasteiger partial charge in [-0.3, -0.25) is 4.79 Å². The predicted molar refractivity (Wildman–Crippen MR) is 99.2 cm³/mol. The van der Waals surface area contributed by atoms with E-state index in [-0.39, 0.29) is 5.91 Å². The topological polar surface area (TPSA) is 45.3 Å². The van der Waals surface area contributed by atoms with E-state index < -0.39 is 0 Å². The Morgan fingerprint density at radius 2 is 1.80 bits per heavy atom. The highest BCUT2D eigenvalue weighted by Crippen LogP contribution is 2.33. The van der Waals surface area contributed by atoms with Gasteiger partial charge in [-0.25, -0.2) is 0 Å². The molecule has 1 amide bonds. The molecule has 0 unspecified atom stereocenters. The maximum absolute atomic E-state index is 12.8. The molecule has 0 aliphatic carbocycles. The van der Waals surface area contributed by atoms with Gasteiger partial charge in [0.05, 0.1) is 12.7 Å². The van der Waals surface area contributed by atoms with Crippen molar-refractivity contribution in [1.82, 2.24) is 9.88 Å². The lowest BCUT2D eigenvalue weighted by Crippen LogP contribution is -2.38. The van der Waals surface area contributed by atoms with Crippen molar-refractivity contribution in [3.63, 3.8) is 0 Å². The Kier molecular flexibility index (Phi) is 4.18. The van der Waals surface area contributed by atoms with Crippen LogP contribution in [0.4, 0.5) is 0 Å². The number of aromatic amines is 1. The molecule has 1 aliphatic heterocycles. The SMILES string of the molecule is COc1ccccc1C(=O)N1CCC(c2c[nH]c3ccccc23)CC1. The van der Waals surface area contributed by atoms with Crippen LogP contribution in [0, 0.1) is 0 Å². The number of fused-ring (bicyclic) bond motifs is 1. The number of carbonyl (C=O) groups is 1. The third kappa shape index (κ3) is 2.88. The number of carbonyl (C=O) groups excluding carboxylic acids is 1. The molecule has 4 rings (SSSR count). The van der Waals surface area contributed by atoms with E-state index in [4.69, 9.17) is 4.74 Å². The minimum Gasteiger partial charge on any atom is -0.496 e. The molecule has 1 aromatic heterocycles. The van der Waals surface area contributed by atoms with E-state index in [9.17, 15) is 4.79 Å². The van der Waals surface area contributed by atoms with E-state index >= 15 is 0 Å². The number of hydrogen-bond acceptors (Lipinski definition) is 2. The van der Waals surface area contributed by atoms with Gasteiger partial charge >= 0.3 is 0 Å². The first-order chi connectivity index (χ1) is 12.3. The molecule has 4 heteroatoms. The van der Waals surface area contributed by atoms with Crippen molar-refractivity contribution in [3.8, 4) is 5.75 Å². The van der Waals surface area contributed by atoms with Gasteiger partial charge in [0.1, 0.15) is 5.75 Å². The monoisotopic (exact) mass is 334 g/mol. The smallest absolute Gasteiger partial charge is 0.257 e. The van der Waals surface area contributed by atoms with Crippen molar-refractivity contribution >= 4 is 16.8 Å². The minimum atomic E-state index is 0.0647. The highest BCUT2D eigenvalue weighted by Gasteiger charge is 2.27. The number of benzene rings is 2. The second-order valence-corrected chi connectivity index (χ2v) is 6.56. The van der Waals surface area contributed by atoms with Crippen LogP contribution >= 0.6 is 0 Å². The third-order valence-electron chi connectivity index (χ3n) is 5.18. The fraction of sp³-hybridized carbons (Fsp3) is 0.286. The molecule has 0 atom stereocenters. The molecular weight excluding hydrogens is 312 g/mol. The van der Waals surface area contributed by atoms with Gasteiger partial charge in [0.2, 0.25) is 0 Å². The number of nitrogens with one attached hydrogen (secondary N) is 1. The second kappa shape index (κ2) is 6.63. The number of rotatable bonds is 3. The lowest BCUT2D eigenvalue weighted by molar-refractivity contribution is 0.0710. The molecule has 0 saturated carbocycles.